The molecule has 3 saturated carbocycles. The minimum absolute atomic E-state index is 0.0346. The van der Waals surface area contributed by atoms with Gasteiger partial charge in [0.1, 0.15) is 61.0 Å². The fourth-order valence-corrected chi connectivity index (χ4v) is 14.2. The van der Waals surface area contributed by atoms with Crippen LogP contribution >= 0.6 is 0 Å². The Bertz CT molecular complexity index is 1760. The number of rotatable bonds is 9. The standard InChI is InChI=1S/C47H76O17/c1-22-31(53)37(63-41-38(34(56)33(55)26(18-48)61-41)64-39-35(57)32(54)25(51)19-59-39)36(58)40(60-22)62-30-11-12-43(4)27(44(30,5)20-49)10-13-45(6)28(43)9-8-23-24-16-42(2,3)14-15-47(24,21-50)29(52)17-46(23,45)7/h8-9,22,25-41,48-58H,10-21H2,1-7H3/t22-,25-,26-,27?,28?,29?,30?,31+,32-,33-,34-,35-,36-,37-,38-,39-,40+,41+,43?,44?,45?,46?,47?/m1/s1. The maximum Gasteiger partial charge on any atom is 0.187 e. The molecule has 17 nitrogen and oxygen atoms in total. The largest absolute Gasteiger partial charge is 0.396 e. The molecular formula is C47H76O17. The summed E-state index contributed by atoms with van der Waals surface area (Å²) in [5, 5.41) is 120. The van der Waals surface area contributed by atoms with Crippen LogP contribution in [0.15, 0.2) is 23.3 Å². The van der Waals surface area contributed by atoms with E-state index in [1.807, 2.05) is 6.92 Å². The molecule has 3 saturated heterocycles. The molecule has 0 aromatic heterocycles. The number of hydrogen-bond acceptors (Lipinski definition) is 17. The molecule has 0 bridgehead atoms. The Labute approximate surface area is 376 Å². The van der Waals surface area contributed by atoms with Gasteiger partial charge in [-0.25, -0.2) is 0 Å². The molecule has 23 atom stereocenters. The third kappa shape index (κ3) is 7.45. The zero-order chi connectivity index (χ0) is 46.7. The molecule has 9 unspecified atom stereocenters. The van der Waals surface area contributed by atoms with Crippen LogP contribution in [0.5, 0.6) is 0 Å². The molecule has 5 aliphatic carbocycles. The first-order valence-corrected chi connectivity index (χ1v) is 23.6. The Kier molecular flexibility index (Phi) is 13.3. The number of aliphatic hydroxyl groups is 11. The molecule has 3 heterocycles. The zero-order valence-corrected chi connectivity index (χ0v) is 38.4. The summed E-state index contributed by atoms with van der Waals surface area (Å²) in [6.07, 6.45) is -12.5. The first-order chi connectivity index (χ1) is 30.0. The van der Waals surface area contributed by atoms with Gasteiger partial charge >= 0.3 is 0 Å². The van der Waals surface area contributed by atoms with Gasteiger partial charge in [-0.15, -0.1) is 0 Å². The highest BCUT2D eigenvalue weighted by Gasteiger charge is 2.69. The van der Waals surface area contributed by atoms with E-state index in [0.29, 0.717) is 12.8 Å². The van der Waals surface area contributed by atoms with Crippen LogP contribution in [0.2, 0.25) is 0 Å². The first-order valence-electron chi connectivity index (χ1n) is 23.6. The summed E-state index contributed by atoms with van der Waals surface area (Å²) in [5.74, 6) is 0.0538. The van der Waals surface area contributed by atoms with Gasteiger partial charge in [0.15, 0.2) is 18.9 Å². The van der Waals surface area contributed by atoms with Crippen molar-refractivity contribution in [2.24, 2.45) is 44.3 Å². The van der Waals surface area contributed by atoms with E-state index in [4.69, 9.17) is 28.4 Å². The molecule has 0 aromatic carbocycles. The fraction of sp³-hybridized carbons (Fsp3) is 0.915. The second-order valence-electron chi connectivity index (χ2n) is 22.6. The van der Waals surface area contributed by atoms with Crippen molar-refractivity contribution in [3.8, 4) is 0 Å². The summed E-state index contributed by atoms with van der Waals surface area (Å²) in [6, 6.07) is 0. The lowest BCUT2D eigenvalue weighted by molar-refractivity contribution is -0.386. The predicted molar refractivity (Wildman–Crippen MR) is 225 cm³/mol. The van der Waals surface area contributed by atoms with E-state index in [0.717, 1.165) is 38.5 Å². The summed E-state index contributed by atoms with van der Waals surface area (Å²) in [5.41, 5.74) is 0.174. The van der Waals surface area contributed by atoms with Gasteiger partial charge in [0, 0.05) is 16.2 Å². The molecule has 11 N–H and O–H groups in total. The van der Waals surface area contributed by atoms with Gasteiger partial charge in [-0.3, -0.25) is 0 Å². The minimum Gasteiger partial charge on any atom is -0.396 e. The van der Waals surface area contributed by atoms with Crippen LogP contribution in [-0.2, 0) is 28.4 Å². The lowest BCUT2D eigenvalue weighted by Gasteiger charge is -2.70. The molecule has 0 radical (unpaired) electrons. The first kappa shape index (κ1) is 49.2. The van der Waals surface area contributed by atoms with Gasteiger partial charge < -0.3 is 84.6 Å². The van der Waals surface area contributed by atoms with E-state index in [9.17, 15) is 56.2 Å². The highest BCUT2D eigenvalue weighted by atomic mass is 16.8. The number of fused-ring (bicyclic) bond motifs is 6. The van der Waals surface area contributed by atoms with E-state index in [-0.39, 0.29) is 46.7 Å². The third-order valence-corrected chi connectivity index (χ3v) is 18.6. The van der Waals surface area contributed by atoms with Crippen molar-refractivity contribution in [3.63, 3.8) is 0 Å². The lowest BCUT2D eigenvalue weighted by Crippen LogP contribution is -2.67. The molecule has 0 spiro atoms. The summed E-state index contributed by atoms with van der Waals surface area (Å²) in [6.45, 7) is 13.7. The molecule has 0 amide bonds. The topological polar surface area (TPSA) is 278 Å². The van der Waals surface area contributed by atoms with Crippen molar-refractivity contribution >= 4 is 0 Å². The van der Waals surface area contributed by atoms with Crippen LogP contribution in [0, 0.1) is 44.3 Å². The maximum absolute atomic E-state index is 12.1. The van der Waals surface area contributed by atoms with Crippen LogP contribution in [0.4, 0.5) is 0 Å². The van der Waals surface area contributed by atoms with Gasteiger partial charge in [0.05, 0.1) is 44.7 Å². The Morgan fingerprint density at radius 1 is 0.688 bits per heavy atom. The molecule has 8 aliphatic rings. The normalized spacial score (nSPS) is 55.0. The third-order valence-electron chi connectivity index (χ3n) is 18.6. The van der Waals surface area contributed by atoms with Crippen molar-refractivity contribution in [3.05, 3.63) is 23.3 Å². The lowest BCUT2D eigenvalue weighted by atomic mass is 9.35. The van der Waals surface area contributed by atoms with Crippen molar-refractivity contribution in [2.75, 3.05) is 26.4 Å². The highest BCUT2D eigenvalue weighted by molar-refractivity contribution is 5.47. The van der Waals surface area contributed by atoms with E-state index in [1.165, 1.54) is 11.1 Å². The Balaban J connectivity index is 1.04. The SMILES string of the molecule is C[C@H]1O[C@@H](OC2CCC3(C)C(CCC4(C)C3C=CC3=C5CC(C)(C)CCC5(CO)C(O)CC34C)C2(C)CO)[C@H](O)[C@H](O[C@@H]2O[C@H](CO)[C@@H](O)[C@@H](O)[C@H]2O[C@H]2OC[C@@H](O)[C@@H](O)[C@H]2O)[C@H]1O. The summed E-state index contributed by atoms with van der Waals surface area (Å²) in [4.78, 5) is 0. The minimum atomic E-state index is -1.81. The van der Waals surface area contributed by atoms with Crippen LogP contribution in [-0.4, -0.2) is 181 Å². The number of hydrogen-bond donors (Lipinski definition) is 11. The van der Waals surface area contributed by atoms with E-state index in [1.54, 1.807) is 6.92 Å². The zero-order valence-electron chi connectivity index (χ0n) is 38.4. The summed E-state index contributed by atoms with van der Waals surface area (Å²) in [7, 11) is 0. The molecule has 17 heteroatoms. The van der Waals surface area contributed by atoms with Crippen molar-refractivity contribution in [1.29, 1.82) is 0 Å². The van der Waals surface area contributed by atoms with Crippen molar-refractivity contribution in [2.45, 2.75) is 198 Å². The van der Waals surface area contributed by atoms with Crippen LogP contribution in [0.3, 0.4) is 0 Å². The van der Waals surface area contributed by atoms with Gasteiger partial charge in [-0.05, 0) is 91.9 Å². The van der Waals surface area contributed by atoms with E-state index < -0.39 is 122 Å². The van der Waals surface area contributed by atoms with Crippen LogP contribution in [0.25, 0.3) is 0 Å². The molecular weight excluding hydrogens is 837 g/mol. The number of allylic oxidation sites excluding steroid dienone is 3. The van der Waals surface area contributed by atoms with E-state index >= 15 is 0 Å². The average Bonchev–Trinajstić information content (AvgIpc) is 3.24. The number of ether oxygens (including phenoxy) is 6. The van der Waals surface area contributed by atoms with Crippen LogP contribution < -0.4 is 0 Å². The Morgan fingerprint density at radius 3 is 2.06 bits per heavy atom. The monoisotopic (exact) mass is 913 g/mol. The van der Waals surface area contributed by atoms with Crippen molar-refractivity contribution < 1.29 is 84.6 Å². The second-order valence-corrected chi connectivity index (χ2v) is 22.6. The summed E-state index contributed by atoms with van der Waals surface area (Å²) >= 11 is 0. The molecule has 64 heavy (non-hydrogen) atoms. The maximum atomic E-state index is 12.1. The molecule has 3 aliphatic heterocycles. The van der Waals surface area contributed by atoms with Crippen molar-refractivity contribution in [1.82, 2.24) is 0 Å². The molecule has 0 aromatic rings. The average molecular weight is 913 g/mol. The highest BCUT2D eigenvalue weighted by Crippen LogP contribution is 2.74. The second kappa shape index (κ2) is 17.3. The van der Waals surface area contributed by atoms with Gasteiger partial charge in [-0.2, -0.15) is 0 Å². The van der Waals surface area contributed by atoms with Gasteiger partial charge in [-0.1, -0.05) is 59.3 Å². The predicted octanol–water partition coefficient (Wildman–Crippen LogP) is 0.144. The molecule has 8 rings (SSSR count). The fourth-order valence-electron chi connectivity index (χ4n) is 14.2. The van der Waals surface area contributed by atoms with E-state index in [2.05, 4.69) is 46.8 Å². The smallest absolute Gasteiger partial charge is 0.187 e. The van der Waals surface area contributed by atoms with Crippen LogP contribution in [0.1, 0.15) is 99.8 Å². The van der Waals surface area contributed by atoms with Gasteiger partial charge in [0.25, 0.3) is 0 Å². The summed E-state index contributed by atoms with van der Waals surface area (Å²) < 4.78 is 36.0. The van der Waals surface area contributed by atoms with Gasteiger partial charge in [0.2, 0.25) is 0 Å². The Morgan fingerprint density at radius 2 is 1.39 bits per heavy atom. The molecule has 366 valence electrons. The Hall–Kier alpha value is -1.20. The number of aliphatic hydroxyl groups excluding tert-OH is 11. The molecule has 6 fully saturated rings. The quantitative estimate of drug-likeness (QED) is 0.137.